The number of nitro groups is 2. The molecular formula is C15H11N3O7. The van der Waals surface area contributed by atoms with Gasteiger partial charge in [-0.2, -0.15) is 0 Å². The first-order chi connectivity index (χ1) is 12.0. The van der Waals surface area contributed by atoms with Crippen molar-refractivity contribution < 1.29 is 24.2 Å². The molecule has 10 nitrogen and oxygen atoms in total. The van der Waals surface area contributed by atoms with Crippen LogP contribution in [0.4, 0.5) is 11.4 Å². The lowest BCUT2D eigenvalue weighted by Gasteiger charge is -2.02. The van der Waals surface area contributed by atoms with Gasteiger partial charge in [-0.15, -0.1) is 0 Å². The van der Waals surface area contributed by atoms with Crippen molar-refractivity contribution >= 4 is 17.6 Å². The fourth-order valence-electron chi connectivity index (χ4n) is 2.17. The summed E-state index contributed by atoms with van der Waals surface area (Å²) in [5.74, 6) is 0.673. The van der Waals surface area contributed by atoms with Crippen molar-refractivity contribution in [3.63, 3.8) is 0 Å². The topological polar surface area (TPSA) is 126 Å². The Balaban J connectivity index is 1.71. The molecule has 3 rings (SSSR count). The Hall–Kier alpha value is -3.69. The summed E-state index contributed by atoms with van der Waals surface area (Å²) in [6.07, 6.45) is 1.18. The van der Waals surface area contributed by atoms with Crippen LogP contribution in [0.1, 0.15) is 11.1 Å². The van der Waals surface area contributed by atoms with Crippen LogP contribution in [0.3, 0.4) is 0 Å². The monoisotopic (exact) mass is 345 g/mol. The maximum absolute atomic E-state index is 11.1. The van der Waals surface area contributed by atoms with Crippen LogP contribution in [-0.2, 0) is 11.4 Å². The Morgan fingerprint density at radius 1 is 1.12 bits per heavy atom. The fraction of sp³-hybridized carbons (Fsp3) is 0.133. The number of nitrogens with zero attached hydrogens (tertiary/aromatic N) is 3. The molecule has 0 amide bonds. The quantitative estimate of drug-likeness (QED) is 0.447. The Kier molecular flexibility index (Phi) is 4.42. The van der Waals surface area contributed by atoms with E-state index in [2.05, 4.69) is 5.16 Å². The molecule has 0 saturated carbocycles. The van der Waals surface area contributed by atoms with Crippen molar-refractivity contribution in [1.29, 1.82) is 0 Å². The van der Waals surface area contributed by atoms with Crippen LogP contribution in [0.5, 0.6) is 11.5 Å². The molecule has 25 heavy (non-hydrogen) atoms. The molecule has 0 radical (unpaired) electrons. The molecule has 1 aliphatic rings. The lowest BCUT2D eigenvalue weighted by atomic mass is 10.1. The van der Waals surface area contributed by atoms with Gasteiger partial charge in [-0.3, -0.25) is 20.2 Å². The third-order valence-corrected chi connectivity index (χ3v) is 3.34. The number of nitro benzene ring substituents is 2. The largest absolute Gasteiger partial charge is 0.454 e. The number of benzene rings is 2. The van der Waals surface area contributed by atoms with Gasteiger partial charge < -0.3 is 14.3 Å². The zero-order valence-electron chi connectivity index (χ0n) is 12.7. The first-order valence-corrected chi connectivity index (χ1v) is 7.01. The molecular weight excluding hydrogens is 334 g/mol. The second-order valence-electron chi connectivity index (χ2n) is 4.96. The minimum Gasteiger partial charge on any atom is -0.454 e. The first-order valence-electron chi connectivity index (χ1n) is 7.01. The van der Waals surface area contributed by atoms with E-state index in [1.807, 2.05) is 0 Å². The summed E-state index contributed by atoms with van der Waals surface area (Å²) < 4.78 is 10.3. The molecule has 0 atom stereocenters. The molecule has 0 aromatic heterocycles. The van der Waals surface area contributed by atoms with Gasteiger partial charge in [-0.1, -0.05) is 17.3 Å². The maximum atomic E-state index is 11.1. The molecule has 1 aliphatic heterocycles. The van der Waals surface area contributed by atoms with E-state index in [0.717, 1.165) is 0 Å². The molecule has 2 aromatic carbocycles. The molecule has 0 spiro atoms. The summed E-state index contributed by atoms with van der Waals surface area (Å²) in [4.78, 5) is 25.8. The zero-order valence-corrected chi connectivity index (χ0v) is 12.7. The van der Waals surface area contributed by atoms with E-state index >= 15 is 0 Å². The van der Waals surface area contributed by atoms with Gasteiger partial charge in [-0.25, -0.2) is 0 Å². The van der Waals surface area contributed by atoms with Gasteiger partial charge in [-0.05, 0) is 11.6 Å². The minimum absolute atomic E-state index is 0.00360. The third kappa shape index (κ3) is 3.63. The van der Waals surface area contributed by atoms with Gasteiger partial charge >= 0.3 is 0 Å². The summed E-state index contributed by atoms with van der Waals surface area (Å²) in [7, 11) is 0. The maximum Gasteiger partial charge on any atom is 0.282 e. The lowest BCUT2D eigenvalue weighted by molar-refractivity contribution is -0.385. The lowest BCUT2D eigenvalue weighted by Crippen LogP contribution is -1.96. The highest BCUT2D eigenvalue weighted by molar-refractivity contribution is 5.86. The van der Waals surface area contributed by atoms with Crippen LogP contribution in [0.2, 0.25) is 0 Å². The highest BCUT2D eigenvalue weighted by Crippen LogP contribution is 2.37. The molecule has 2 aromatic rings. The molecule has 0 aliphatic carbocycles. The second kappa shape index (κ2) is 6.83. The number of oxime groups is 1. The van der Waals surface area contributed by atoms with Crippen molar-refractivity contribution in [3.8, 4) is 11.5 Å². The molecule has 0 N–H and O–H groups in total. The molecule has 128 valence electrons. The van der Waals surface area contributed by atoms with E-state index in [9.17, 15) is 20.2 Å². The average molecular weight is 345 g/mol. The molecule has 0 unspecified atom stereocenters. The van der Waals surface area contributed by atoms with Crippen molar-refractivity contribution in [2.24, 2.45) is 5.16 Å². The molecule has 0 fully saturated rings. The summed E-state index contributed by atoms with van der Waals surface area (Å²) in [6.45, 7) is -0.0209. The highest BCUT2D eigenvalue weighted by Gasteiger charge is 2.22. The summed E-state index contributed by atoms with van der Waals surface area (Å²) in [6, 6.07) is 8.58. The van der Waals surface area contributed by atoms with E-state index in [1.54, 1.807) is 6.07 Å². The van der Waals surface area contributed by atoms with Gasteiger partial charge in [0.25, 0.3) is 11.4 Å². The zero-order chi connectivity index (χ0) is 17.8. The van der Waals surface area contributed by atoms with Gasteiger partial charge in [0.1, 0.15) is 6.61 Å². The van der Waals surface area contributed by atoms with Gasteiger partial charge in [0.2, 0.25) is 6.79 Å². The van der Waals surface area contributed by atoms with Crippen molar-refractivity contribution in [3.05, 3.63) is 67.8 Å². The predicted molar refractivity (Wildman–Crippen MR) is 84.7 cm³/mol. The van der Waals surface area contributed by atoms with Crippen molar-refractivity contribution in [2.45, 2.75) is 6.61 Å². The van der Waals surface area contributed by atoms with E-state index in [1.165, 1.54) is 36.5 Å². The third-order valence-electron chi connectivity index (χ3n) is 3.34. The fourth-order valence-corrected chi connectivity index (χ4v) is 2.17. The first kappa shape index (κ1) is 16.2. The molecule has 1 heterocycles. The summed E-state index contributed by atoms with van der Waals surface area (Å²) in [5, 5.41) is 25.5. The Labute approximate surface area is 140 Å². The molecule has 10 heteroatoms. The van der Waals surface area contributed by atoms with Gasteiger partial charge in [0, 0.05) is 12.1 Å². The Bertz CT molecular complexity index is 866. The number of fused-ring (bicyclic) bond motifs is 1. The van der Waals surface area contributed by atoms with Crippen molar-refractivity contribution in [2.75, 3.05) is 6.79 Å². The number of hydrogen-bond donors (Lipinski definition) is 0. The normalized spacial score (nSPS) is 12.3. The van der Waals surface area contributed by atoms with Crippen LogP contribution in [0.25, 0.3) is 0 Å². The smallest absolute Gasteiger partial charge is 0.282 e. The van der Waals surface area contributed by atoms with Gasteiger partial charge in [0.15, 0.2) is 11.5 Å². The van der Waals surface area contributed by atoms with Crippen LogP contribution in [0, 0.1) is 20.2 Å². The van der Waals surface area contributed by atoms with Gasteiger partial charge in [0.05, 0.1) is 27.7 Å². The number of ether oxygens (including phenoxy) is 2. The Morgan fingerprint density at radius 3 is 2.60 bits per heavy atom. The van der Waals surface area contributed by atoms with Crippen LogP contribution in [-0.4, -0.2) is 22.9 Å². The number of rotatable bonds is 6. The van der Waals surface area contributed by atoms with Crippen LogP contribution < -0.4 is 9.47 Å². The minimum atomic E-state index is -0.566. The van der Waals surface area contributed by atoms with E-state index in [4.69, 9.17) is 14.3 Å². The van der Waals surface area contributed by atoms with E-state index in [-0.39, 0.29) is 30.3 Å². The van der Waals surface area contributed by atoms with Crippen LogP contribution in [0.15, 0.2) is 41.6 Å². The molecule has 0 saturated heterocycles. The SMILES string of the molecule is O=[N+]([O-])c1cccc(CO/N=C/c2cc3c(cc2[N+](=O)[O-])OCO3)c1. The van der Waals surface area contributed by atoms with Crippen LogP contribution >= 0.6 is 0 Å². The molecule has 0 bridgehead atoms. The highest BCUT2D eigenvalue weighted by atomic mass is 16.7. The second-order valence-corrected chi connectivity index (χ2v) is 4.96. The Morgan fingerprint density at radius 2 is 1.88 bits per heavy atom. The number of non-ortho nitro benzene ring substituents is 1. The average Bonchev–Trinajstić information content (AvgIpc) is 3.05. The summed E-state index contributed by atoms with van der Waals surface area (Å²) >= 11 is 0. The van der Waals surface area contributed by atoms with Crippen molar-refractivity contribution in [1.82, 2.24) is 0 Å². The van der Waals surface area contributed by atoms with E-state index in [0.29, 0.717) is 17.1 Å². The predicted octanol–water partition coefficient (Wildman–Crippen LogP) is 2.78. The standard InChI is InChI=1S/C15H11N3O7/c19-17(20)12-3-1-2-10(4-12)8-25-16-7-11-5-14-15(24-9-23-14)6-13(11)18(21)22/h1-7H,8-9H2/b16-7+. The number of hydrogen-bond acceptors (Lipinski definition) is 8. The van der Waals surface area contributed by atoms with E-state index < -0.39 is 9.85 Å². The summed E-state index contributed by atoms with van der Waals surface area (Å²) in [5.41, 5.74) is 0.475.